The molecule has 0 N–H and O–H groups in total. The molecule has 2 rings (SSSR count). The van der Waals surface area contributed by atoms with Crippen molar-refractivity contribution >= 4 is 15.9 Å². The molecule has 0 aliphatic rings. The van der Waals surface area contributed by atoms with E-state index < -0.39 is 0 Å². The van der Waals surface area contributed by atoms with Gasteiger partial charge in [-0.25, -0.2) is 4.98 Å². The van der Waals surface area contributed by atoms with Crippen LogP contribution in [0.1, 0.15) is 5.56 Å². The first-order valence-electron chi connectivity index (χ1n) is 4.28. The first kappa shape index (κ1) is 9.81. The van der Waals surface area contributed by atoms with Gasteiger partial charge in [0.15, 0.2) is 0 Å². The number of hydrogen-bond donors (Lipinski definition) is 0. The first-order chi connectivity index (χ1) is 7.31. The minimum Gasteiger partial charge on any atom is -0.252 e. The Morgan fingerprint density at radius 3 is 2.33 bits per heavy atom. The average Bonchev–Trinajstić information content (AvgIpc) is 2.30. The Kier molecular flexibility index (Phi) is 2.75. The van der Waals surface area contributed by atoms with Gasteiger partial charge in [0.1, 0.15) is 10.3 Å². The van der Waals surface area contributed by atoms with Crippen molar-refractivity contribution in [2.75, 3.05) is 0 Å². The molecule has 4 heteroatoms. The van der Waals surface area contributed by atoms with Crippen molar-refractivity contribution in [3.8, 4) is 17.3 Å². The van der Waals surface area contributed by atoms with Gasteiger partial charge in [0, 0.05) is 18.0 Å². The summed E-state index contributed by atoms with van der Waals surface area (Å²) in [7, 11) is 0. The van der Waals surface area contributed by atoms with Gasteiger partial charge in [-0.15, -0.1) is 0 Å². The van der Waals surface area contributed by atoms with Crippen LogP contribution in [0.2, 0.25) is 0 Å². The molecule has 0 aliphatic carbocycles. The van der Waals surface area contributed by atoms with E-state index >= 15 is 0 Å². The summed E-state index contributed by atoms with van der Waals surface area (Å²) in [5.41, 5.74) is 2.36. The molecule has 0 saturated heterocycles. The van der Waals surface area contributed by atoms with Gasteiger partial charge in [-0.3, -0.25) is 4.98 Å². The Bertz CT molecular complexity index is 514. The highest BCUT2D eigenvalue weighted by Gasteiger charge is 2.04. The monoisotopic (exact) mass is 259 g/mol. The van der Waals surface area contributed by atoms with Crippen LogP contribution in [-0.4, -0.2) is 9.97 Å². The van der Waals surface area contributed by atoms with E-state index in [9.17, 15) is 0 Å². The summed E-state index contributed by atoms with van der Waals surface area (Å²) >= 11 is 3.33. The number of hydrogen-bond acceptors (Lipinski definition) is 3. The van der Waals surface area contributed by atoms with E-state index in [1.54, 1.807) is 24.5 Å². The van der Waals surface area contributed by atoms with Crippen LogP contribution in [0.15, 0.2) is 41.3 Å². The van der Waals surface area contributed by atoms with Crippen LogP contribution in [0.5, 0.6) is 0 Å². The molecule has 3 nitrogen and oxygen atoms in total. The van der Waals surface area contributed by atoms with Crippen LogP contribution in [-0.2, 0) is 0 Å². The molecule has 0 fully saturated rings. The van der Waals surface area contributed by atoms with Crippen molar-refractivity contribution in [3.05, 3.63) is 46.8 Å². The summed E-state index contributed by atoms with van der Waals surface area (Å²) in [6.45, 7) is 0. The summed E-state index contributed by atoms with van der Waals surface area (Å²) in [4.78, 5) is 8.30. The molecule has 1 heterocycles. The minimum absolute atomic E-state index is 0.638. The summed E-state index contributed by atoms with van der Waals surface area (Å²) in [6, 6.07) is 9.30. The molecule has 0 saturated carbocycles. The van der Waals surface area contributed by atoms with Gasteiger partial charge in [-0.2, -0.15) is 5.26 Å². The maximum atomic E-state index is 8.67. The largest absolute Gasteiger partial charge is 0.252 e. The third-order valence-corrected chi connectivity index (χ3v) is 2.52. The number of aromatic nitrogens is 2. The first-order valence-corrected chi connectivity index (χ1v) is 5.07. The van der Waals surface area contributed by atoms with E-state index in [1.807, 2.05) is 12.1 Å². The lowest BCUT2D eigenvalue weighted by Crippen LogP contribution is -1.87. The Labute approximate surface area is 95.6 Å². The van der Waals surface area contributed by atoms with E-state index in [1.165, 1.54) is 0 Å². The fourth-order valence-corrected chi connectivity index (χ4v) is 1.67. The number of benzene rings is 1. The van der Waals surface area contributed by atoms with Crippen molar-refractivity contribution in [2.24, 2.45) is 0 Å². The maximum absolute atomic E-state index is 8.67. The van der Waals surface area contributed by atoms with Crippen molar-refractivity contribution in [1.82, 2.24) is 9.97 Å². The molecule has 1 aromatic heterocycles. The lowest BCUT2D eigenvalue weighted by atomic mass is 10.1. The quantitative estimate of drug-likeness (QED) is 0.792. The summed E-state index contributed by atoms with van der Waals surface area (Å²) in [5, 5.41) is 8.67. The number of halogens is 1. The Balaban J connectivity index is 2.47. The summed E-state index contributed by atoms with van der Waals surface area (Å²) in [6.07, 6.45) is 3.26. The number of rotatable bonds is 1. The molecule has 0 radical (unpaired) electrons. The topological polar surface area (TPSA) is 49.6 Å². The number of nitrogens with zero attached hydrogens (tertiary/aromatic N) is 3. The van der Waals surface area contributed by atoms with Gasteiger partial charge < -0.3 is 0 Å². The zero-order valence-electron chi connectivity index (χ0n) is 7.68. The minimum atomic E-state index is 0.638. The van der Waals surface area contributed by atoms with Crippen LogP contribution in [0.3, 0.4) is 0 Å². The van der Waals surface area contributed by atoms with Crippen molar-refractivity contribution in [2.45, 2.75) is 0 Å². The highest BCUT2D eigenvalue weighted by molar-refractivity contribution is 9.10. The highest BCUT2D eigenvalue weighted by Crippen LogP contribution is 2.23. The fourth-order valence-electron chi connectivity index (χ4n) is 1.22. The lowest BCUT2D eigenvalue weighted by molar-refractivity contribution is 1.17. The van der Waals surface area contributed by atoms with Gasteiger partial charge in [0.05, 0.1) is 11.6 Å². The zero-order valence-corrected chi connectivity index (χ0v) is 9.27. The Hall–Kier alpha value is -1.73. The van der Waals surface area contributed by atoms with Gasteiger partial charge >= 0.3 is 0 Å². The van der Waals surface area contributed by atoms with Gasteiger partial charge in [-0.05, 0) is 28.1 Å². The molecule has 2 aromatic rings. The lowest BCUT2D eigenvalue weighted by Gasteiger charge is -2.01. The van der Waals surface area contributed by atoms with Gasteiger partial charge in [0.25, 0.3) is 0 Å². The van der Waals surface area contributed by atoms with Crippen LogP contribution in [0, 0.1) is 11.3 Å². The molecule has 15 heavy (non-hydrogen) atoms. The molecule has 0 unspecified atom stereocenters. The second-order valence-corrected chi connectivity index (χ2v) is 3.64. The van der Waals surface area contributed by atoms with Crippen LogP contribution < -0.4 is 0 Å². The van der Waals surface area contributed by atoms with Crippen molar-refractivity contribution in [3.63, 3.8) is 0 Å². The standard InChI is InChI=1S/C11H6BrN3/c12-11-10(14-5-6-15-11)9-3-1-8(7-13)2-4-9/h1-6H. The second kappa shape index (κ2) is 4.20. The van der Waals surface area contributed by atoms with E-state index in [4.69, 9.17) is 5.26 Å². The average molecular weight is 260 g/mol. The summed E-state index contributed by atoms with van der Waals surface area (Å²) < 4.78 is 0.703. The normalized spacial score (nSPS) is 9.60. The Morgan fingerprint density at radius 2 is 1.73 bits per heavy atom. The van der Waals surface area contributed by atoms with Crippen LogP contribution in [0.25, 0.3) is 11.3 Å². The van der Waals surface area contributed by atoms with E-state index in [2.05, 4.69) is 32.0 Å². The highest BCUT2D eigenvalue weighted by atomic mass is 79.9. The van der Waals surface area contributed by atoms with E-state index in [0.29, 0.717) is 10.2 Å². The SMILES string of the molecule is N#Cc1ccc(-c2nccnc2Br)cc1. The van der Waals surface area contributed by atoms with Gasteiger partial charge in [0.2, 0.25) is 0 Å². The Morgan fingerprint density at radius 1 is 1.07 bits per heavy atom. The molecule has 0 atom stereocenters. The second-order valence-electron chi connectivity index (χ2n) is 2.88. The zero-order chi connectivity index (χ0) is 10.7. The molecular formula is C11H6BrN3. The summed E-state index contributed by atoms with van der Waals surface area (Å²) in [5.74, 6) is 0. The molecule has 1 aromatic carbocycles. The van der Waals surface area contributed by atoms with Crippen LogP contribution in [0.4, 0.5) is 0 Å². The molecule has 0 aliphatic heterocycles. The fraction of sp³-hybridized carbons (Fsp3) is 0. The third kappa shape index (κ3) is 2.03. The molecule has 0 amide bonds. The molecule has 0 spiro atoms. The molecule has 0 bridgehead atoms. The predicted molar refractivity (Wildman–Crippen MR) is 59.9 cm³/mol. The van der Waals surface area contributed by atoms with E-state index in [0.717, 1.165) is 11.3 Å². The van der Waals surface area contributed by atoms with Crippen molar-refractivity contribution in [1.29, 1.82) is 5.26 Å². The number of nitriles is 1. The smallest absolute Gasteiger partial charge is 0.132 e. The molecular weight excluding hydrogens is 254 g/mol. The maximum Gasteiger partial charge on any atom is 0.132 e. The third-order valence-electron chi connectivity index (χ3n) is 1.94. The van der Waals surface area contributed by atoms with Gasteiger partial charge in [-0.1, -0.05) is 12.1 Å². The van der Waals surface area contributed by atoms with E-state index in [-0.39, 0.29) is 0 Å². The van der Waals surface area contributed by atoms with Crippen molar-refractivity contribution < 1.29 is 0 Å². The molecule has 72 valence electrons. The predicted octanol–water partition coefficient (Wildman–Crippen LogP) is 2.78. The van der Waals surface area contributed by atoms with Crippen LogP contribution >= 0.6 is 15.9 Å².